The molecule has 0 N–H and O–H groups in total. The molecule has 1 atom stereocenters. The van der Waals surface area contributed by atoms with Gasteiger partial charge in [0, 0.05) is 32.7 Å². The molecule has 1 unspecified atom stereocenters. The van der Waals surface area contributed by atoms with Crippen molar-refractivity contribution in [2.45, 2.75) is 37.6 Å². The number of amides is 2. The van der Waals surface area contributed by atoms with Crippen molar-refractivity contribution >= 4 is 22.0 Å². The molecule has 2 aliphatic heterocycles. The van der Waals surface area contributed by atoms with Crippen molar-refractivity contribution in [2.75, 3.05) is 39.3 Å². The molecule has 2 fully saturated rings. The topological polar surface area (TPSA) is 87.2 Å². The van der Waals surface area contributed by atoms with Gasteiger partial charge in [-0.1, -0.05) is 32.0 Å². The second kappa shape index (κ2) is 9.13. The molecule has 29 heavy (non-hydrogen) atoms. The molecule has 1 aromatic carbocycles. The fourth-order valence-corrected chi connectivity index (χ4v) is 5.32. The van der Waals surface area contributed by atoms with Crippen molar-refractivity contribution in [3.05, 3.63) is 30.3 Å². The van der Waals surface area contributed by atoms with Crippen molar-refractivity contribution in [1.82, 2.24) is 14.1 Å². The molecule has 1 aromatic rings. The van der Waals surface area contributed by atoms with Gasteiger partial charge in [-0.3, -0.25) is 4.79 Å². The predicted octanol–water partition coefficient (Wildman–Crippen LogP) is 1.78. The van der Waals surface area contributed by atoms with Crippen LogP contribution < -0.4 is 0 Å². The number of piperazine rings is 1. The lowest BCUT2D eigenvalue weighted by Gasteiger charge is -2.36. The van der Waals surface area contributed by atoms with Crippen LogP contribution in [-0.4, -0.2) is 79.9 Å². The Bertz CT molecular complexity index is 820. The number of sulfonamides is 1. The average Bonchev–Trinajstić information content (AvgIpc) is 3.23. The number of nitrogens with zero attached hydrogens (tertiary/aromatic N) is 3. The largest absolute Gasteiger partial charge is 0.449 e. The molecule has 3 rings (SSSR count). The highest BCUT2D eigenvalue weighted by molar-refractivity contribution is 7.89. The number of carbonyl (C=O) groups excluding carboxylic acids is 2. The first-order valence-corrected chi connectivity index (χ1v) is 11.5. The SMILES string of the molecule is CC(C)COC(=O)N1CCN(C(=O)C2CCCN2S(=O)(=O)c2ccccc2)CC1. The van der Waals surface area contributed by atoms with E-state index in [0.29, 0.717) is 52.2 Å². The maximum absolute atomic E-state index is 13.1. The summed E-state index contributed by atoms with van der Waals surface area (Å²) in [5.41, 5.74) is 0. The Morgan fingerprint density at radius 3 is 2.28 bits per heavy atom. The minimum absolute atomic E-state index is 0.183. The van der Waals surface area contributed by atoms with Gasteiger partial charge in [0.25, 0.3) is 0 Å². The fourth-order valence-electron chi connectivity index (χ4n) is 3.65. The van der Waals surface area contributed by atoms with Crippen molar-refractivity contribution in [2.24, 2.45) is 5.92 Å². The van der Waals surface area contributed by atoms with Crippen LogP contribution in [0.2, 0.25) is 0 Å². The van der Waals surface area contributed by atoms with Crippen LogP contribution >= 0.6 is 0 Å². The summed E-state index contributed by atoms with van der Waals surface area (Å²) in [5, 5.41) is 0. The molecule has 160 valence electrons. The van der Waals surface area contributed by atoms with Crippen LogP contribution in [0, 0.1) is 5.92 Å². The molecule has 0 spiro atoms. The number of rotatable bonds is 5. The molecule has 8 nitrogen and oxygen atoms in total. The third-order valence-electron chi connectivity index (χ3n) is 5.23. The zero-order chi connectivity index (χ0) is 21.0. The molecular formula is C20H29N3O5S. The lowest BCUT2D eigenvalue weighted by atomic mass is 10.2. The van der Waals surface area contributed by atoms with Gasteiger partial charge in [-0.05, 0) is 30.9 Å². The third-order valence-corrected chi connectivity index (χ3v) is 7.15. The monoisotopic (exact) mass is 423 g/mol. The summed E-state index contributed by atoms with van der Waals surface area (Å²) in [6, 6.07) is 7.54. The molecule has 2 aliphatic rings. The van der Waals surface area contributed by atoms with E-state index in [1.165, 1.54) is 4.31 Å². The molecule has 2 heterocycles. The lowest BCUT2D eigenvalue weighted by Crippen LogP contribution is -2.55. The highest BCUT2D eigenvalue weighted by atomic mass is 32.2. The highest BCUT2D eigenvalue weighted by Gasteiger charge is 2.41. The van der Waals surface area contributed by atoms with E-state index in [1.54, 1.807) is 40.1 Å². The van der Waals surface area contributed by atoms with E-state index < -0.39 is 16.1 Å². The van der Waals surface area contributed by atoms with Gasteiger partial charge in [0.05, 0.1) is 11.5 Å². The van der Waals surface area contributed by atoms with Gasteiger partial charge < -0.3 is 14.5 Å². The first-order valence-electron chi connectivity index (χ1n) is 10.1. The highest BCUT2D eigenvalue weighted by Crippen LogP contribution is 2.27. The van der Waals surface area contributed by atoms with E-state index in [1.807, 2.05) is 13.8 Å². The Balaban J connectivity index is 1.61. The molecular weight excluding hydrogens is 394 g/mol. The summed E-state index contributed by atoms with van der Waals surface area (Å²) in [6.45, 7) is 6.20. The molecule has 9 heteroatoms. The van der Waals surface area contributed by atoms with Crippen LogP contribution in [0.4, 0.5) is 4.79 Å². The van der Waals surface area contributed by atoms with Crippen molar-refractivity contribution in [3.8, 4) is 0 Å². The Morgan fingerprint density at radius 2 is 1.66 bits per heavy atom. The van der Waals surface area contributed by atoms with Gasteiger partial charge in [0.15, 0.2) is 0 Å². The smallest absolute Gasteiger partial charge is 0.409 e. The van der Waals surface area contributed by atoms with Crippen LogP contribution in [0.3, 0.4) is 0 Å². The zero-order valence-electron chi connectivity index (χ0n) is 17.0. The van der Waals surface area contributed by atoms with Gasteiger partial charge in [0.2, 0.25) is 15.9 Å². The van der Waals surface area contributed by atoms with Crippen molar-refractivity contribution in [1.29, 1.82) is 0 Å². The zero-order valence-corrected chi connectivity index (χ0v) is 17.8. The third kappa shape index (κ3) is 4.90. The number of hydrogen-bond donors (Lipinski definition) is 0. The van der Waals surface area contributed by atoms with Gasteiger partial charge in [-0.2, -0.15) is 4.31 Å². The van der Waals surface area contributed by atoms with Crippen LogP contribution in [0.15, 0.2) is 35.2 Å². The number of carbonyl (C=O) groups is 2. The van der Waals surface area contributed by atoms with E-state index in [-0.39, 0.29) is 22.8 Å². The van der Waals surface area contributed by atoms with Crippen molar-refractivity contribution in [3.63, 3.8) is 0 Å². The minimum atomic E-state index is -3.71. The molecule has 2 saturated heterocycles. The molecule has 0 aromatic heterocycles. The summed E-state index contributed by atoms with van der Waals surface area (Å²) >= 11 is 0. The first kappa shape index (κ1) is 21.6. The van der Waals surface area contributed by atoms with E-state index in [4.69, 9.17) is 4.74 Å². The second-order valence-electron chi connectivity index (χ2n) is 7.87. The molecule has 0 radical (unpaired) electrons. The summed E-state index contributed by atoms with van der Waals surface area (Å²) in [5.74, 6) is 0.0823. The number of ether oxygens (including phenoxy) is 1. The van der Waals surface area contributed by atoms with E-state index >= 15 is 0 Å². The summed E-state index contributed by atoms with van der Waals surface area (Å²) in [6.07, 6.45) is 0.811. The first-order chi connectivity index (χ1) is 13.8. The van der Waals surface area contributed by atoms with E-state index in [0.717, 1.165) is 0 Å². The summed E-state index contributed by atoms with van der Waals surface area (Å²) in [4.78, 5) is 28.6. The lowest BCUT2D eigenvalue weighted by molar-refractivity contribution is -0.136. The van der Waals surface area contributed by atoms with Crippen molar-refractivity contribution < 1.29 is 22.7 Å². The van der Waals surface area contributed by atoms with E-state index in [9.17, 15) is 18.0 Å². The summed E-state index contributed by atoms with van der Waals surface area (Å²) in [7, 11) is -3.71. The molecule has 2 amide bonds. The van der Waals surface area contributed by atoms with Crippen LogP contribution in [-0.2, 0) is 19.6 Å². The predicted molar refractivity (Wildman–Crippen MR) is 108 cm³/mol. The molecule has 0 aliphatic carbocycles. The Kier molecular flexibility index (Phi) is 6.79. The van der Waals surface area contributed by atoms with Gasteiger partial charge in [-0.15, -0.1) is 0 Å². The Morgan fingerprint density at radius 1 is 1.03 bits per heavy atom. The van der Waals surface area contributed by atoms with Gasteiger partial charge >= 0.3 is 6.09 Å². The quantitative estimate of drug-likeness (QED) is 0.720. The minimum Gasteiger partial charge on any atom is -0.449 e. The normalized spacial score (nSPS) is 20.9. The number of hydrogen-bond acceptors (Lipinski definition) is 5. The Labute approximate surface area is 172 Å². The van der Waals surface area contributed by atoms with Crippen LogP contribution in [0.1, 0.15) is 26.7 Å². The van der Waals surface area contributed by atoms with Crippen LogP contribution in [0.5, 0.6) is 0 Å². The molecule has 0 saturated carbocycles. The Hall–Kier alpha value is -2.13. The number of benzene rings is 1. The maximum atomic E-state index is 13.1. The van der Waals surface area contributed by atoms with Gasteiger partial charge in [-0.25, -0.2) is 13.2 Å². The standard InChI is InChI=1S/C20H29N3O5S/c1-16(2)15-28-20(25)22-13-11-21(12-14-22)19(24)18-9-6-10-23(18)29(26,27)17-7-4-3-5-8-17/h3-5,7-8,16,18H,6,9-15H2,1-2H3. The van der Waals surface area contributed by atoms with E-state index in [2.05, 4.69) is 0 Å². The van der Waals surface area contributed by atoms with Crippen LogP contribution in [0.25, 0.3) is 0 Å². The maximum Gasteiger partial charge on any atom is 0.409 e. The fraction of sp³-hybridized carbons (Fsp3) is 0.600. The average molecular weight is 424 g/mol. The summed E-state index contributed by atoms with van der Waals surface area (Å²) < 4.78 is 32.5. The second-order valence-corrected chi connectivity index (χ2v) is 9.76. The molecule has 0 bridgehead atoms. The van der Waals surface area contributed by atoms with Gasteiger partial charge in [0.1, 0.15) is 6.04 Å².